The van der Waals surface area contributed by atoms with Gasteiger partial charge in [-0.25, -0.2) is 4.98 Å². The first-order chi connectivity index (χ1) is 6.50. The zero-order valence-corrected chi connectivity index (χ0v) is 9.41. The molecule has 0 spiro atoms. The lowest BCUT2D eigenvalue weighted by Gasteiger charge is -2.10. The van der Waals surface area contributed by atoms with E-state index in [9.17, 15) is 0 Å². The molecule has 0 aliphatic rings. The van der Waals surface area contributed by atoms with Crippen molar-refractivity contribution in [3.05, 3.63) is 11.6 Å². The molecule has 4 heteroatoms. The van der Waals surface area contributed by atoms with Crippen LogP contribution in [-0.2, 0) is 6.42 Å². The maximum Gasteiger partial charge on any atom is 0.167 e. The lowest BCUT2D eigenvalue weighted by molar-refractivity contribution is 0.491. The van der Waals surface area contributed by atoms with E-state index >= 15 is 0 Å². The minimum atomic E-state index is -0.0628. The van der Waals surface area contributed by atoms with Crippen molar-refractivity contribution in [3.8, 4) is 0 Å². The Hall–Kier alpha value is -0.900. The Morgan fingerprint density at radius 1 is 1.29 bits per heavy atom. The number of nitrogens with two attached hydrogens (primary N) is 1. The van der Waals surface area contributed by atoms with Crippen molar-refractivity contribution in [2.45, 2.75) is 40.2 Å². The second-order valence-electron chi connectivity index (χ2n) is 4.51. The first-order valence-electron chi connectivity index (χ1n) is 5.17. The van der Waals surface area contributed by atoms with Crippen molar-refractivity contribution in [3.63, 3.8) is 0 Å². The third-order valence-corrected chi connectivity index (χ3v) is 2.17. The highest BCUT2D eigenvalue weighted by Crippen LogP contribution is 2.15. The van der Waals surface area contributed by atoms with Gasteiger partial charge < -0.3 is 5.73 Å². The molecule has 0 amide bonds. The molecule has 0 fully saturated rings. The number of hydrogen-bond donors (Lipinski definition) is 2. The predicted molar refractivity (Wildman–Crippen MR) is 56.7 cm³/mol. The van der Waals surface area contributed by atoms with Crippen LogP contribution in [0.3, 0.4) is 0 Å². The molecule has 1 aromatic heterocycles. The first-order valence-corrected chi connectivity index (χ1v) is 5.17. The highest BCUT2D eigenvalue weighted by Gasteiger charge is 2.15. The Kier molecular flexibility index (Phi) is 3.63. The fraction of sp³-hybridized carbons (Fsp3) is 0.800. The van der Waals surface area contributed by atoms with Gasteiger partial charge in [-0.15, -0.1) is 0 Å². The van der Waals surface area contributed by atoms with Gasteiger partial charge >= 0.3 is 0 Å². The molecule has 3 N–H and O–H groups in total. The molecule has 0 saturated carbocycles. The van der Waals surface area contributed by atoms with Gasteiger partial charge in [-0.2, -0.15) is 5.10 Å². The zero-order chi connectivity index (χ0) is 10.7. The fourth-order valence-electron chi connectivity index (χ4n) is 1.24. The third kappa shape index (κ3) is 2.80. The van der Waals surface area contributed by atoms with Crippen LogP contribution in [-0.4, -0.2) is 15.2 Å². The molecule has 1 aromatic rings. The van der Waals surface area contributed by atoms with E-state index in [1.807, 2.05) is 0 Å². The van der Waals surface area contributed by atoms with Gasteiger partial charge in [0, 0.05) is 6.42 Å². The van der Waals surface area contributed by atoms with Crippen molar-refractivity contribution < 1.29 is 0 Å². The molecule has 1 rings (SSSR count). The smallest absolute Gasteiger partial charge is 0.167 e. The number of hydrogen-bond acceptors (Lipinski definition) is 3. The van der Waals surface area contributed by atoms with Crippen LogP contribution in [0.4, 0.5) is 0 Å². The Morgan fingerprint density at radius 3 is 2.43 bits per heavy atom. The van der Waals surface area contributed by atoms with Crippen LogP contribution in [0, 0.1) is 11.8 Å². The van der Waals surface area contributed by atoms with Crippen molar-refractivity contribution in [2.75, 3.05) is 0 Å². The minimum Gasteiger partial charge on any atom is -0.321 e. The van der Waals surface area contributed by atoms with Crippen LogP contribution in [0.15, 0.2) is 0 Å². The summed E-state index contributed by atoms with van der Waals surface area (Å²) in [6, 6.07) is -0.0628. The average Bonchev–Trinajstić information content (AvgIpc) is 2.50. The second kappa shape index (κ2) is 4.55. The molecule has 4 nitrogen and oxygen atoms in total. The number of nitrogens with zero attached hydrogens (tertiary/aromatic N) is 2. The Morgan fingerprint density at radius 2 is 1.93 bits per heavy atom. The first kappa shape index (κ1) is 11.2. The molecule has 0 radical (unpaired) electrons. The van der Waals surface area contributed by atoms with Crippen LogP contribution in [0.5, 0.6) is 0 Å². The molecule has 0 aromatic carbocycles. The Labute approximate surface area is 85.3 Å². The molecule has 0 saturated heterocycles. The summed E-state index contributed by atoms with van der Waals surface area (Å²) >= 11 is 0. The molecule has 1 atom stereocenters. The maximum absolute atomic E-state index is 5.94. The summed E-state index contributed by atoms with van der Waals surface area (Å²) in [5, 5.41) is 7.06. The van der Waals surface area contributed by atoms with Crippen LogP contribution in [0.2, 0.25) is 0 Å². The van der Waals surface area contributed by atoms with E-state index in [0.29, 0.717) is 11.8 Å². The number of H-pyrrole nitrogens is 1. The summed E-state index contributed by atoms with van der Waals surface area (Å²) in [5.74, 6) is 2.63. The van der Waals surface area contributed by atoms with Gasteiger partial charge in [0.1, 0.15) is 5.82 Å². The van der Waals surface area contributed by atoms with E-state index in [0.717, 1.165) is 18.1 Å². The largest absolute Gasteiger partial charge is 0.321 e. The van der Waals surface area contributed by atoms with Gasteiger partial charge in [-0.1, -0.05) is 27.7 Å². The summed E-state index contributed by atoms with van der Waals surface area (Å²) < 4.78 is 0. The monoisotopic (exact) mass is 196 g/mol. The topological polar surface area (TPSA) is 67.6 Å². The lowest BCUT2D eigenvalue weighted by atomic mass is 10.1. The highest BCUT2D eigenvalue weighted by molar-refractivity contribution is 4.97. The molecular weight excluding hydrogens is 176 g/mol. The van der Waals surface area contributed by atoms with E-state index in [-0.39, 0.29) is 6.04 Å². The van der Waals surface area contributed by atoms with Gasteiger partial charge in [0.25, 0.3) is 0 Å². The standard InChI is InChI=1S/C10H20N4/c1-6(2)5-8-12-10(14-13-8)9(11)7(3)4/h6-7,9H,5,11H2,1-4H3,(H,12,13,14)/t9-/m0/s1. The SMILES string of the molecule is CC(C)Cc1nc([C@@H](N)C(C)C)n[nH]1. The van der Waals surface area contributed by atoms with Gasteiger partial charge in [0.2, 0.25) is 0 Å². The summed E-state index contributed by atoms with van der Waals surface area (Å²) in [6.07, 6.45) is 0.928. The van der Waals surface area contributed by atoms with Crippen molar-refractivity contribution in [1.29, 1.82) is 0 Å². The predicted octanol–water partition coefficient (Wildman–Crippen LogP) is 1.66. The van der Waals surface area contributed by atoms with Gasteiger partial charge in [0.05, 0.1) is 6.04 Å². The van der Waals surface area contributed by atoms with Crippen molar-refractivity contribution in [1.82, 2.24) is 15.2 Å². The highest BCUT2D eigenvalue weighted by atomic mass is 15.2. The van der Waals surface area contributed by atoms with E-state index in [4.69, 9.17) is 5.73 Å². The van der Waals surface area contributed by atoms with E-state index in [1.165, 1.54) is 0 Å². The Bertz CT molecular complexity index is 277. The fourth-order valence-corrected chi connectivity index (χ4v) is 1.24. The molecule has 0 unspecified atom stereocenters. The molecule has 80 valence electrons. The van der Waals surface area contributed by atoms with Crippen LogP contribution in [0.1, 0.15) is 45.4 Å². The summed E-state index contributed by atoms with van der Waals surface area (Å²) in [7, 11) is 0. The molecule has 0 aliphatic heterocycles. The number of rotatable bonds is 4. The minimum absolute atomic E-state index is 0.0628. The molecule has 0 aliphatic carbocycles. The molecule has 14 heavy (non-hydrogen) atoms. The van der Waals surface area contributed by atoms with Gasteiger partial charge in [0.15, 0.2) is 5.82 Å². The number of nitrogens with one attached hydrogen (secondary N) is 1. The van der Waals surface area contributed by atoms with Crippen LogP contribution < -0.4 is 5.73 Å². The lowest BCUT2D eigenvalue weighted by Crippen LogP contribution is -2.18. The van der Waals surface area contributed by atoms with Crippen molar-refractivity contribution >= 4 is 0 Å². The zero-order valence-electron chi connectivity index (χ0n) is 9.41. The number of aromatic nitrogens is 3. The molecule has 0 bridgehead atoms. The van der Waals surface area contributed by atoms with Crippen LogP contribution in [0.25, 0.3) is 0 Å². The molecule has 1 heterocycles. The van der Waals surface area contributed by atoms with E-state index < -0.39 is 0 Å². The van der Waals surface area contributed by atoms with E-state index in [1.54, 1.807) is 0 Å². The summed E-state index contributed by atoms with van der Waals surface area (Å²) in [5.41, 5.74) is 5.94. The Balaban J connectivity index is 2.67. The third-order valence-electron chi connectivity index (χ3n) is 2.17. The molecular formula is C10H20N4. The van der Waals surface area contributed by atoms with E-state index in [2.05, 4.69) is 42.9 Å². The normalized spacial score (nSPS) is 13.9. The quantitative estimate of drug-likeness (QED) is 0.769. The van der Waals surface area contributed by atoms with Gasteiger partial charge in [-0.3, -0.25) is 5.10 Å². The second-order valence-corrected chi connectivity index (χ2v) is 4.51. The number of aromatic amines is 1. The summed E-state index contributed by atoms with van der Waals surface area (Å²) in [4.78, 5) is 4.38. The maximum atomic E-state index is 5.94. The van der Waals surface area contributed by atoms with Crippen LogP contribution >= 0.6 is 0 Å². The van der Waals surface area contributed by atoms with Crippen molar-refractivity contribution in [2.24, 2.45) is 17.6 Å². The van der Waals surface area contributed by atoms with Gasteiger partial charge in [-0.05, 0) is 11.8 Å². The summed E-state index contributed by atoms with van der Waals surface area (Å²) in [6.45, 7) is 8.46. The average molecular weight is 196 g/mol.